The normalized spacial score (nSPS) is 24.0. The summed E-state index contributed by atoms with van der Waals surface area (Å²) in [5.74, 6) is 2.46. The van der Waals surface area contributed by atoms with Gasteiger partial charge in [-0.25, -0.2) is 4.98 Å². The Balaban J connectivity index is 2.12. The highest BCUT2D eigenvalue weighted by Crippen LogP contribution is 2.30. The van der Waals surface area contributed by atoms with Crippen LogP contribution in [0.3, 0.4) is 0 Å². The van der Waals surface area contributed by atoms with Crippen LogP contribution >= 0.6 is 23.1 Å². The van der Waals surface area contributed by atoms with Gasteiger partial charge in [0.25, 0.3) is 0 Å². The summed E-state index contributed by atoms with van der Waals surface area (Å²) in [6.07, 6.45) is 1.06. The molecule has 1 aromatic rings. The Morgan fingerprint density at radius 2 is 2.50 bits per heavy atom. The highest BCUT2D eigenvalue weighted by Gasteiger charge is 2.23. The zero-order valence-electron chi connectivity index (χ0n) is 8.69. The minimum absolute atomic E-state index is 0.555. The van der Waals surface area contributed by atoms with E-state index >= 15 is 0 Å². The van der Waals surface area contributed by atoms with Gasteiger partial charge < -0.3 is 0 Å². The van der Waals surface area contributed by atoms with Crippen molar-refractivity contribution in [3.8, 4) is 0 Å². The van der Waals surface area contributed by atoms with Gasteiger partial charge in [-0.3, -0.25) is 4.90 Å². The quantitative estimate of drug-likeness (QED) is 0.773. The molecule has 0 saturated carbocycles. The fraction of sp³-hybridized carbons (Fsp3) is 0.700. The number of aromatic nitrogens is 1. The average Bonchev–Trinajstić information content (AvgIpc) is 2.67. The molecule has 2 nitrogen and oxygen atoms in total. The van der Waals surface area contributed by atoms with E-state index in [9.17, 15) is 0 Å². The molecule has 0 amide bonds. The third kappa shape index (κ3) is 2.12. The van der Waals surface area contributed by atoms with E-state index in [2.05, 4.69) is 29.2 Å². The Morgan fingerprint density at radius 1 is 1.64 bits per heavy atom. The second-order valence-electron chi connectivity index (χ2n) is 3.60. The highest BCUT2D eigenvalue weighted by atomic mass is 32.2. The van der Waals surface area contributed by atoms with Gasteiger partial charge in [0.1, 0.15) is 5.01 Å². The maximum Gasteiger partial charge on any atom is 0.111 e. The van der Waals surface area contributed by atoms with E-state index in [1.54, 1.807) is 0 Å². The Hall–Kier alpha value is -0.0600. The molecule has 0 radical (unpaired) electrons. The van der Waals surface area contributed by atoms with Crippen LogP contribution in [-0.2, 0) is 6.42 Å². The van der Waals surface area contributed by atoms with Crippen molar-refractivity contribution < 1.29 is 0 Å². The van der Waals surface area contributed by atoms with Crippen molar-refractivity contribution in [3.63, 3.8) is 0 Å². The largest absolute Gasteiger partial charge is 0.296 e. The van der Waals surface area contributed by atoms with Crippen molar-refractivity contribution in [1.29, 1.82) is 0 Å². The van der Waals surface area contributed by atoms with Crippen LogP contribution in [0.15, 0.2) is 5.38 Å². The predicted molar refractivity (Wildman–Crippen MR) is 64.2 cm³/mol. The molecule has 1 aliphatic rings. The van der Waals surface area contributed by atoms with Crippen molar-refractivity contribution in [2.24, 2.45) is 0 Å². The third-order valence-corrected chi connectivity index (χ3v) is 4.63. The lowest BCUT2D eigenvalue weighted by Gasteiger charge is -2.30. The maximum absolute atomic E-state index is 4.67. The molecule has 1 unspecified atom stereocenters. The summed E-state index contributed by atoms with van der Waals surface area (Å²) in [5, 5.41) is 3.50. The number of thioether (sulfide) groups is 1. The molecule has 0 bridgehead atoms. The summed E-state index contributed by atoms with van der Waals surface area (Å²) >= 11 is 3.86. The summed E-state index contributed by atoms with van der Waals surface area (Å²) in [7, 11) is 2.21. The van der Waals surface area contributed by atoms with Crippen LogP contribution in [0.1, 0.15) is 23.7 Å². The molecule has 0 aliphatic carbocycles. The van der Waals surface area contributed by atoms with Gasteiger partial charge in [0.2, 0.25) is 0 Å². The van der Waals surface area contributed by atoms with E-state index in [1.807, 2.05) is 23.1 Å². The first-order valence-electron chi connectivity index (χ1n) is 5.03. The van der Waals surface area contributed by atoms with Crippen molar-refractivity contribution in [2.75, 3.05) is 25.1 Å². The van der Waals surface area contributed by atoms with Gasteiger partial charge in [0.15, 0.2) is 0 Å². The van der Waals surface area contributed by atoms with Crippen LogP contribution in [0.2, 0.25) is 0 Å². The molecule has 4 heteroatoms. The van der Waals surface area contributed by atoms with E-state index in [0.717, 1.165) is 6.42 Å². The van der Waals surface area contributed by atoms with Gasteiger partial charge in [-0.1, -0.05) is 6.92 Å². The number of aryl methyl sites for hydroxylation is 1. The standard InChI is InChI=1S/C10H16N2S2/c1-3-8-6-14-10(11-8)9-7-13-5-4-12(9)2/h6,9H,3-5,7H2,1-2H3. The smallest absolute Gasteiger partial charge is 0.111 e. The molecular weight excluding hydrogens is 212 g/mol. The molecule has 1 atom stereocenters. The molecule has 1 fully saturated rings. The zero-order chi connectivity index (χ0) is 9.97. The molecule has 1 saturated heterocycles. The maximum atomic E-state index is 4.67. The van der Waals surface area contributed by atoms with Crippen LogP contribution in [0, 0.1) is 0 Å². The monoisotopic (exact) mass is 228 g/mol. The number of hydrogen-bond donors (Lipinski definition) is 0. The number of nitrogens with zero attached hydrogens (tertiary/aromatic N) is 2. The average molecular weight is 228 g/mol. The minimum Gasteiger partial charge on any atom is -0.296 e. The molecule has 0 N–H and O–H groups in total. The molecule has 2 rings (SSSR count). The summed E-state index contributed by atoms with van der Waals surface area (Å²) in [6.45, 7) is 3.36. The van der Waals surface area contributed by atoms with E-state index in [-0.39, 0.29) is 0 Å². The van der Waals surface area contributed by atoms with Crippen molar-refractivity contribution in [1.82, 2.24) is 9.88 Å². The van der Waals surface area contributed by atoms with Crippen molar-refractivity contribution in [2.45, 2.75) is 19.4 Å². The van der Waals surface area contributed by atoms with Crippen LogP contribution in [0.4, 0.5) is 0 Å². The van der Waals surface area contributed by atoms with Crippen LogP contribution in [-0.4, -0.2) is 35.0 Å². The number of hydrogen-bond acceptors (Lipinski definition) is 4. The van der Waals surface area contributed by atoms with Gasteiger partial charge in [-0.05, 0) is 13.5 Å². The highest BCUT2D eigenvalue weighted by molar-refractivity contribution is 7.99. The molecule has 1 aromatic heterocycles. The minimum atomic E-state index is 0.555. The Morgan fingerprint density at radius 3 is 3.14 bits per heavy atom. The van der Waals surface area contributed by atoms with Gasteiger partial charge >= 0.3 is 0 Å². The first-order chi connectivity index (χ1) is 6.81. The lowest BCUT2D eigenvalue weighted by atomic mass is 10.3. The second-order valence-corrected chi connectivity index (χ2v) is 5.64. The van der Waals surface area contributed by atoms with Gasteiger partial charge in [0, 0.05) is 23.4 Å². The number of rotatable bonds is 2. The molecule has 14 heavy (non-hydrogen) atoms. The summed E-state index contributed by atoms with van der Waals surface area (Å²) in [6, 6.07) is 0.555. The first kappa shape index (κ1) is 10.5. The van der Waals surface area contributed by atoms with E-state index in [0.29, 0.717) is 6.04 Å². The molecule has 0 aromatic carbocycles. The fourth-order valence-corrected chi connectivity index (χ4v) is 3.98. The molecule has 0 spiro atoms. The SMILES string of the molecule is CCc1csc(C2CSCCN2C)n1. The Kier molecular flexibility index (Phi) is 3.47. The first-order valence-corrected chi connectivity index (χ1v) is 7.07. The van der Waals surface area contributed by atoms with Gasteiger partial charge in [-0.15, -0.1) is 11.3 Å². The zero-order valence-corrected chi connectivity index (χ0v) is 10.3. The summed E-state index contributed by atoms with van der Waals surface area (Å²) < 4.78 is 0. The molecule has 2 heterocycles. The van der Waals surface area contributed by atoms with Gasteiger partial charge in [-0.2, -0.15) is 11.8 Å². The lowest BCUT2D eigenvalue weighted by Crippen LogP contribution is -2.32. The topological polar surface area (TPSA) is 16.1 Å². The van der Waals surface area contributed by atoms with E-state index < -0.39 is 0 Å². The van der Waals surface area contributed by atoms with Crippen molar-refractivity contribution >= 4 is 23.1 Å². The van der Waals surface area contributed by atoms with E-state index in [1.165, 1.54) is 28.8 Å². The Labute approximate surface area is 93.7 Å². The van der Waals surface area contributed by atoms with Crippen molar-refractivity contribution in [3.05, 3.63) is 16.1 Å². The number of thiazole rings is 1. The molecule has 1 aliphatic heterocycles. The van der Waals surface area contributed by atoms with E-state index in [4.69, 9.17) is 0 Å². The van der Waals surface area contributed by atoms with Crippen LogP contribution < -0.4 is 0 Å². The van der Waals surface area contributed by atoms with Gasteiger partial charge in [0.05, 0.1) is 11.7 Å². The third-order valence-electron chi connectivity index (χ3n) is 2.61. The molecular formula is C10H16N2S2. The summed E-state index contributed by atoms with van der Waals surface area (Å²) in [4.78, 5) is 7.09. The Bertz CT molecular complexity index is 298. The lowest BCUT2D eigenvalue weighted by molar-refractivity contribution is 0.274. The fourth-order valence-electron chi connectivity index (χ4n) is 1.58. The molecule has 78 valence electrons. The second kappa shape index (κ2) is 4.64. The van der Waals surface area contributed by atoms with Crippen LogP contribution in [0.5, 0.6) is 0 Å². The van der Waals surface area contributed by atoms with Crippen LogP contribution in [0.25, 0.3) is 0 Å². The predicted octanol–water partition coefficient (Wildman–Crippen LogP) is 2.43. The summed E-state index contributed by atoms with van der Waals surface area (Å²) in [5.41, 5.74) is 1.24.